The van der Waals surface area contributed by atoms with Gasteiger partial charge in [-0.3, -0.25) is 9.59 Å². The number of benzene rings is 1. The number of hydrogen-bond donors (Lipinski definition) is 2. The molecule has 1 aromatic heterocycles. The maximum absolute atomic E-state index is 13.1. The Balaban J connectivity index is 1.36. The minimum Gasteiger partial charge on any atom is -0.476 e. The van der Waals surface area contributed by atoms with Gasteiger partial charge in [-0.1, -0.05) is 23.2 Å². The molecule has 11 heteroatoms. The molecule has 36 heavy (non-hydrogen) atoms. The maximum atomic E-state index is 13.1. The molecule has 2 aliphatic rings. The molecule has 194 valence electrons. The van der Waals surface area contributed by atoms with Crippen LogP contribution in [0.2, 0.25) is 10.0 Å². The van der Waals surface area contributed by atoms with E-state index in [4.69, 9.17) is 27.9 Å². The summed E-state index contributed by atoms with van der Waals surface area (Å²) in [5, 5.41) is 6.13. The van der Waals surface area contributed by atoms with Crippen LogP contribution in [-0.4, -0.2) is 53.5 Å². The summed E-state index contributed by atoms with van der Waals surface area (Å²) in [5.41, 5.74) is -0.910. The Morgan fingerprint density at radius 2 is 1.86 bits per heavy atom. The minimum atomic E-state index is -2.61. The van der Waals surface area contributed by atoms with Crippen LogP contribution in [0.5, 0.6) is 5.75 Å². The summed E-state index contributed by atoms with van der Waals surface area (Å²) >= 11 is 12.1. The van der Waals surface area contributed by atoms with E-state index in [0.717, 1.165) is 31.5 Å². The van der Waals surface area contributed by atoms with Gasteiger partial charge in [-0.15, -0.1) is 0 Å². The SMILES string of the molecule is CC(C)(Oc1ccc(Cl)cc1Cl)C(=O)NC1C[C@H]2CC[C@@H](C1)N2c1ccc(C(=O)NCC(F)F)cn1. The summed E-state index contributed by atoms with van der Waals surface area (Å²) in [5.74, 6) is 0.305. The lowest BCUT2D eigenvalue weighted by molar-refractivity contribution is -0.135. The Morgan fingerprint density at radius 3 is 2.44 bits per heavy atom. The molecule has 1 aromatic carbocycles. The number of alkyl halides is 2. The van der Waals surface area contributed by atoms with Gasteiger partial charge >= 0.3 is 0 Å². The summed E-state index contributed by atoms with van der Waals surface area (Å²) in [6.45, 7) is 2.69. The number of ether oxygens (including phenoxy) is 1. The van der Waals surface area contributed by atoms with E-state index in [0.29, 0.717) is 15.8 Å². The molecule has 3 atom stereocenters. The van der Waals surface area contributed by atoms with Crippen LogP contribution in [0.1, 0.15) is 49.9 Å². The zero-order chi connectivity index (χ0) is 26.0. The number of carbonyl (C=O) groups excluding carboxylic acids is 2. The van der Waals surface area contributed by atoms with Crippen LogP contribution in [-0.2, 0) is 4.79 Å². The van der Waals surface area contributed by atoms with E-state index in [1.165, 1.54) is 6.20 Å². The summed E-state index contributed by atoms with van der Waals surface area (Å²) in [7, 11) is 0. The molecule has 2 N–H and O–H groups in total. The lowest BCUT2D eigenvalue weighted by Gasteiger charge is -2.40. The van der Waals surface area contributed by atoms with Gasteiger partial charge in [-0.2, -0.15) is 0 Å². The topological polar surface area (TPSA) is 83.6 Å². The number of amides is 2. The fourth-order valence-corrected chi connectivity index (χ4v) is 5.30. The number of halogens is 4. The van der Waals surface area contributed by atoms with Crippen molar-refractivity contribution >= 4 is 40.8 Å². The van der Waals surface area contributed by atoms with Crippen molar-refractivity contribution in [3.8, 4) is 5.75 Å². The number of carbonyl (C=O) groups is 2. The molecule has 4 rings (SSSR count). The monoisotopic (exact) mass is 540 g/mol. The minimum absolute atomic E-state index is 0.0192. The molecule has 1 unspecified atom stereocenters. The molecular formula is C25H28Cl2F2N4O3. The first-order valence-corrected chi connectivity index (χ1v) is 12.5. The van der Waals surface area contributed by atoms with Crippen LogP contribution in [0.15, 0.2) is 36.5 Å². The lowest BCUT2D eigenvalue weighted by Crippen LogP contribution is -2.55. The van der Waals surface area contributed by atoms with Gasteiger partial charge < -0.3 is 20.3 Å². The fourth-order valence-electron chi connectivity index (χ4n) is 4.85. The normalized spacial score (nSPS) is 21.4. The Morgan fingerprint density at radius 1 is 1.17 bits per heavy atom. The number of pyridine rings is 1. The van der Waals surface area contributed by atoms with Crippen molar-refractivity contribution in [2.75, 3.05) is 11.4 Å². The number of rotatable bonds is 8. The van der Waals surface area contributed by atoms with Gasteiger partial charge in [0.25, 0.3) is 18.2 Å². The Bertz CT molecular complexity index is 1100. The van der Waals surface area contributed by atoms with E-state index in [2.05, 4.69) is 20.5 Å². The highest BCUT2D eigenvalue weighted by Crippen LogP contribution is 2.39. The Kier molecular flexibility index (Phi) is 7.90. The molecule has 3 heterocycles. The van der Waals surface area contributed by atoms with Crippen LogP contribution in [0.4, 0.5) is 14.6 Å². The van der Waals surface area contributed by atoms with Crippen molar-refractivity contribution in [2.45, 2.75) is 69.7 Å². The van der Waals surface area contributed by atoms with Crippen LogP contribution in [0, 0.1) is 0 Å². The van der Waals surface area contributed by atoms with E-state index >= 15 is 0 Å². The molecule has 2 bridgehead atoms. The third kappa shape index (κ3) is 6.00. The van der Waals surface area contributed by atoms with Gasteiger partial charge in [0.1, 0.15) is 11.6 Å². The van der Waals surface area contributed by atoms with Gasteiger partial charge in [0.05, 0.1) is 17.1 Å². The van der Waals surface area contributed by atoms with Crippen LogP contribution in [0.3, 0.4) is 0 Å². The van der Waals surface area contributed by atoms with E-state index in [-0.39, 0.29) is 29.6 Å². The van der Waals surface area contributed by atoms with Crippen LogP contribution >= 0.6 is 23.2 Å². The highest BCUT2D eigenvalue weighted by molar-refractivity contribution is 6.35. The van der Waals surface area contributed by atoms with E-state index < -0.39 is 24.5 Å². The molecule has 7 nitrogen and oxygen atoms in total. The second-order valence-corrected chi connectivity index (χ2v) is 10.5. The van der Waals surface area contributed by atoms with Crippen molar-refractivity contribution in [1.29, 1.82) is 0 Å². The zero-order valence-corrected chi connectivity index (χ0v) is 21.5. The second-order valence-electron chi connectivity index (χ2n) is 9.63. The number of piperidine rings is 1. The van der Waals surface area contributed by atoms with E-state index in [1.54, 1.807) is 44.2 Å². The Labute approximate surface area is 218 Å². The highest BCUT2D eigenvalue weighted by atomic mass is 35.5. The number of hydrogen-bond acceptors (Lipinski definition) is 5. The predicted molar refractivity (Wildman–Crippen MR) is 134 cm³/mol. The number of aromatic nitrogens is 1. The first-order valence-electron chi connectivity index (χ1n) is 11.8. The molecular weight excluding hydrogens is 513 g/mol. The molecule has 2 saturated heterocycles. The van der Waals surface area contributed by atoms with Gasteiger partial charge in [0.2, 0.25) is 0 Å². The first-order chi connectivity index (χ1) is 17.0. The molecule has 2 aromatic rings. The molecule has 2 aliphatic heterocycles. The van der Waals surface area contributed by atoms with Gasteiger partial charge in [0, 0.05) is 29.3 Å². The number of nitrogens with zero attached hydrogens (tertiary/aromatic N) is 2. The molecule has 2 fully saturated rings. The third-order valence-corrected chi connectivity index (χ3v) is 7.10. The van der Waals surface area contributed by atoms with E-state index in [9.17, 15) is 18.4 Å². The summed E-state index contributed by atoms with van der Waals surface area (Å²) in [6, 6.07) is 8.56. The number of fused-ring (bicyclic) bond motifs is 2. The smallest absolute Gasteiger partial charge is 0.263 e. The van der Waals surface area contributed by atoms with Crippen molar-refractivity contribution in [3.05, 3.63) is 52.1 Å². The summed E-state index contributed by atoms with van der Waals surface area (Å²) in [6.07, 6.45) is 2.23. The molecule has 0 radical (unpaired) electrons. The lowest BCUT2D eigenvalue weighted by atomic mass is 9.96. The summed E-state index contributed by atoms with van der Waals surface area (Å²) in [4.78, 5) is 31.7. The van der Waals surface area contributed by atoms with Gasteiger partial charge in [-0.25, -0.2) is 13.8 Å². The molecule has 0 aliphatic carbocycles. The van der Waals surface area contributed by atoms with Crippen molar-refractivity contribution in [1.82, 2.24) is 15.6 Å². The average Bonchev–Trinajstić information content (AvgIpc) is 3.09. The Hall–Kier alpha value is -2.65. The highest BCUT2D eigenvalue weighted by Gasteiger charge is 2.43. The maximum Gasteiger partial charge on any atom is 0.263 e. The molecule has 2 amide bonds. The van der Waals surface area contributed by atoms with Crippen molar-refractivity contribution in [3.63, 3.8) is 0 Å². The quantitative estimate of drug-likeness (QED) is 0.499. The first kappa shape index (κ1) is 26.4. The number of nitrogens with one attached hydrogen (secondary N) is 2. The fraction of sp³-hybridized carbons (Fsp3) is 0.480. The van der Waals surface area contributed by atoms with Crippen molar-refractivity contribution in [2.24, 2.45) is 0 Å². The largest absolute Gasteiger partial charge is 0.476 e. The van der Waals surface area contributed by atoms with Gasteiger partial charge in [-0.05, 0) is 69.9 Å². The van der Waals surface area contributed by atoms with E-state index in [1.807, 2.05) is 0 Å². The van der Waals surface area contributed by atoms with Crippen LogP contribution in [0.25, 0.3) is 0 Å². The second kappa shape index (κ2) is 10.8. The summed E-state index contributed by atoms with van der Waals surface area (Å²) < 4.78 is 30.6. The standard InChI is InChI=1S/C25H28Cl2F2N4O3/c1-25(2,36-20-7-4-15(26)9-19(20)27)24(35)32-16-10-17-5-6-18(11-16)33(17)22-8-3-14(12-30-22)23(34)31-13-21(28)29/h3-4,7-9,12,16-18,21H,5-6,10-11,13H2,1-2H3,(H,31,34)(H,32,35)/t16?,17-,18+. The van der Waals surface area contributed by atoms with Crippen molar-refractivity contribution < 1.29 is 23.1 Å². The molecule has 0 spiro atoms. The number of anilines is 1. The third-order valence-electron chi connectivity index (χ3n) is 6.57. The zero-order valence-electron chi connectivity index (χ0n) is 19.9. The van der Waals surface area contributed by atoms with Crippen LogP contribution < -0.4 is 20.3 Å². The van der Waals surface area contributed by atoms with Gasteiger partial charge in [0.15, 0.2) is 5.60 Å². The predicted octanol–water partition coefficient (Wildman–Crippen LogP) is 4.86. The molecule has 0 saturated carbocycles. The average molecular weight is 541 g/mol.